The highest BCUT2D eigenvalue weighted by Gasteiger charge is 2.18. The molecule has 2 saturated heterocycles. The average Bonchev–Trinajstić information content (AvgIpc) is 2.64. The molecule has 2 aliphatic rings. The second kappa shape index (κ2) is 9.32. The molecule has 0 radical (unpaired) electrons. The minimum Gasteiger partial charge on any atom is -0.379 e. The van der Waals surface area contributed by atoms with Crippen LogP contribution in [0.25, 0.3) is 0 Å². The molecule has 0 spiro atoms. The van der Waals surface area contributed by atoms with Crippen molar-refractivity contribution in [2.75, 3.05) is 45.9 Å². The van der Waals surface area contributed by atoms with Crippen molar-refractivity contribution in [1.29, 1.82) is 0 Å². The Kier molecular flexibility index (Phi) is 6.84. The highest BCUT2D eigenvalue weighted by Crippen LogP contribution is 2.16. The fraction of sp³-hybridized carbons (Fsp3) is 0.650. The number of nitrogens with zero attached hydrogens (tertiary/aromatic N) is 2. The number of hydrogen-bond acceptors (Lipinski definition) is 4. The van der Waals surface area contributed by atoms with E-state index in [1.54, 1.807) is 0 Å². The van der Waals surface area contributed by atoms with Gasteiger partial charge in [-0.3, -0.25) is 14.6 Å². The Bertz CT molecular complexity index is 550. The predicted octanol–water partition coefficient (Wildman–Crippen LogP) is 1.87. The monoisotopic (exact) mass is 345 g/mol. The van der Waals surface area contributed by atoms with Crippen molar-refractivity contribution < 1.29 is 9.53 Å². The van der Waals surface area contributed by atoms with Gasteiger partial charge in [0.25, 0.3) is 0 Å². The maximum atomic E-state index is 12.3. The fourth-order valence-corrected chi connectivity index (χ4v) is 3.56. The summed E-state index contributed by atoms with van der Waals surface area (Å²) in [6.07, 6.45) is 2.41. The van der Waals surface area contributed by atoms with Crippen molar-refractivity contribution in [1.82, 2.24) is 15.1 Å². The molecule has 2 heterocycles. The Morgan fingerprint density at radius 2 is 1.76 bits per heavy atom. The van der Waals surface area contributed by atoms with Gasteiger partial charge in [-0.2, -0.15) is 0 Å². The summed E-state index contributed by atoms with van der Waals surface area (Å²) in [5.74, 6) is 0.933. The zero-order valence-electron chi connectivity index (χ0n) is 15.4. The lowest BCUT2D eigenvalue weighted by atomic mass is 9.99. The molecule has 1 aromatic carbocycles. The summed E-state index contributed by atoms with van der Waals surface area (Å²) in [7, 11) is 0. The average molecular weight is 345 g/mol. The molecule has 5 heteroatoms. The first-order valence-electron chi connectivity index (χ1n) is 9.56. The summed E-state index contributed by atoms with van der Waals surface area (Å²) in [6, 6.07) is 8.42. The Balaban J connectivity index is 1.48. The molecule has 25 heavy (non-hydrogen) atoms. The molecule has 3 rings (SSSR count). The van der Waals surface area contributed by atoms with Crippen LogP contribution in [0.2, 0.25) is 0 Å². The number of nitrogens with one attached hydrogen (secondary N) is 1. The minimum absolute atomic E-state index is 0.135. The van der Waals surface area contributed by atoms with Gasteiger partial charge in [-0.15, -0.1) is 0 Å². The molecule has 0 atom stereocenters. The Morgan fingerprint density at radius 1 is 1.08 bits per heavy atom. The number of amides is 1. The summed E-state index contributed by atoms with van der Waals surface area (Å²) in [4.78, 5) is 17.0. The Morgan fingerprint density at radius 3 is 2.48 bits per heavy atom. The maximum absolute atomic E-state index is 12.3. The maximum Gasteiger partial charge on any atom is 0.234 e. The molecular formula is C20H31N3O2. The van der Waals surface area contributed by atoms with E-state index in [2.05, 4.69) is 46.3 Å². The van der Waals surface area contributed by atoms with E-state index in [1.807, 2.05) is 0 Å². The molecule has 0 saturated carbocycles. The molecule has 1 amide bonds. The number of carbonyl (C=O) groups is 1. The first kappa shape index (κ1) is 18.4. The fourth-order valence-electron chi connectivity index (χ4n) is 3.56. The number of hydrogen-bond donors (Lipinski definition) is 1. The van der Waals surface area contributed by atoms with Gasteiger partial charge in [-0.05, 0) is 43.0 Å². The molecule has 2 fully saturated rings. The predicted molar refractivity (Wildman–Crippen MR) is 99.2 cm³/mol. The number of benzene rings is 1. The van der Waals surface area contributed by atoms with E-state index in [0.29, 0.717) is 13.1 Å². The third-order valence-electron chi connectivity index (χ3n) is 5.34. The molecule has 138 valence electrons. The smallest absolute Gasteiger partial charge is 0.234 e. The van der Waals surface area contributed by atoms with Gasteiger partial charge in [0, 0.05) is 26.2 Å². The molecule has 0 unspecified atom stereocenters. The van der Waals surface area contributed by atoms with E-state index < -0.39 is 0 Å². The van der Waals surface area contributed by atoms with Gasteiger partial charge in [-0.25, -0.2) is 0 Å². The molecule has 5 nitrogen and oxygen atoms in total. The van der Waals surface area contributed by atoms with Crippen LogP contribution in [0.5, 0.6) is 0 Å². The van der Waals surface area contributed by atoms with Crippen molar-refractivity contribution in [3.8, 4) is 0 Å². The number of rotatable bonds is 6. The second-order valence-electron chi connectivity index (χ2n) is 7.39. The van der Waals surface area contributed by atoms with E-state index in [-0.39, 0.29) is 5.91 Å². The molecule has 0 bridgehead atoms. The van der Waals surface area contributed by atoms with Crippen molar-refractivity contribution in [3.63, 3.8) is 0 Å². The van der Waals surface area contributed by atoms with Gasteiger partial charge in [0.2, 0.25) is 5.91 Å². The number of likely N-dealkylation sites (tertiary alicyclic amines) is 1. The molecule has 0 aromatic heterocycles. The Hall–Kier alpha value is -1.43. The van der Waals surface area contributed by atoms with Crippen LogP contribution in [0, 0.1) is 5.92 Å². The van der Waals surface area contributed by atoms with Gasteiger partial charge < -0.3 is 10.1 Å². The van der Waals surface area contributed by atoms with Gasteiger partial charge in [0.15, 0.2) is 0 Å². The highest BCUT2D eigenvalue weighted by molar-refractivity contribution is 5.78. The van der Waals surface area contributed by atoms with Gasteiger partial charge in [0.05, 0.1) is 19.8 Å². The van der Waals surface area contributed by atoms with Gasteiger partial charge >= 0.3 is 0 Å². The minimum atomic E-state index is 0.135. The van der Waals surface area contributed by atoms with Crippen LogP contribution in [-0.2, 0) is 22.6 Å². The van der Waals surface area contributed by atoms with Crippen LogP contribution in [-0.4, -0.2) is 61.6 Å². The number of carbonyl (C=O) groups excluding carboxylic acids is 1. The SMILES string of the molecule is CC1CCN(CC(=O)NCc2ccccc2CN2CCOCC2)CC1. The van der Waals surface area contributed by atoms with Crippen molar-refractivity contribution in [2.45, 2.75) is 32.9 Å². The van der Waals surface area contributed by atoms with E-state index >= 15 is 0 Å². The Labute approximate surface area is 151 Å². The summed E-state index contributed by atoms with van der Waals surface area (Å²) >= 11 is 0. The molecular weight excluding hydrogens is 314 g/mol. The van der Waals surface area contributed by atoms with Crippen LogP contribution in [0.15, 0.2) is 24.3 Å². The lowest BCUT2D eigenvalue weighted by molar-refractivity contribution is -0.122. The molecule has 0 aliphatic carbocycles. The van der Waals surface area contributed by atoms with Crippen molar-refractivity contribution in [2.24, 2.45) is 5.92 Å². The van der Waals surface area contributed by atoms with Gasteiger partial charge in [0.1, 0.15) is 0 Å². The topological polar surface area (TPSA) is 44.8 Å². The lowest BCUT2D eigenvalue weighted by Gasteiger charge is -2.29. The molecule has 1 aromatic rings. The first-order chi connectivity index (χ1) is 12.2. The third kappa shape index (κ3) is 5.80. The summed E-state index contributed by atoms with van der Waals surface area (Å²) in [5.41, 5.74) is 2.52. The van der Waals surface area contributed by atoms with Crippen LogP contribution in [0.3, 0.4) is 0 Å². The van der Waals surface area contributed by atoms with Crippen LogP contribution < -0.4 is 5.32 Å². The number of ether oxygens (including phenoxy) is 1. The number of morpholine rings is 1. The summed E-state index contributed by atoms with van der Waals surface area (Å²) < 4.78 is 5.42. The molecule has 2 aliphatic heterocycles. The van der Waals surface area contributed by atoms with E-state index in [9.17, 15) is 4.79 Å². The van der Waals surface area contributed by atoms with Crippen LogP contribution in [0.1, 0.15) is 30.9 Å². The molecule has 1 N–H and O–H groups in total. The van der Waals surface area contributed by atoms with E-state index in [4.69, 9.17) is 4.74 Å². The first-order valence-corrected chi connectivity index (χ1v) is 9.56. The van der Waals surface area contributed by atoms with E-state index in [1.165, 1.54) is 24.0 Å². The zero-order chi connectivity index (χ0) is 17.5. The quantitative estimate of drug-likeness (QED) is 0.855. The van der Waals surface area contributed by atoms with Crippen molar-refractivity contribution in [3.05, 3.63) is 35.4 Å². The third-order valence-corrected chi connectivity index (χ3v) is 5.34. The lowest BCUT2D eigenvalue weighted by Crippen LogP contribution is -2.41. The van der Waals surface area contributed by atoms with Crippen LogP contribution in [0.4, 0.5) is 0 Å². The largest absolute Gasteiger partial charge is 0.379 e. The van der Waals surface area contributed by atoms with Crippen molar-refractivity contribution >= 4 is 5.91 Å². The number of piperidine rings is 1. The summed E-state index contributed by atoms with van der Waals surface area (Å²) in [6.45, 7) is 10.0. The summed E-state index contributed by atoms with van der Waals surface area (Å²) in [5, 5.41) is 3.11. The zero-order valence-corrected chi connectivity index (χ0v) is 15.4. The van der Waals surface area contributed by atoms with Gasteiger partial charge in [-0.1, -0.05) is 31.2 Å². The van der Waals surface area contributed by atoms with Crippen LogP contribution >= 0.6 is 0 Å². The van der Waals surface area contributed by atoms with E-state index in [0.717, 1.165) is 51.9 Å². The standard InChI is InChI=1S/C20H31N3O2/c1-17-6-8-22(9-7-17)16-20(24)21-14-18-4-2-3-5-19(18)15-23-10-12-25-13-11-23/h2-5,17H,6-16H2,1H3,(H,21,24). The normalized spacial score (nSPS) is 20.5. The second-order valence-corrected chi connectivity index (χ2v) is 7.39. The highest BCUT2D eigenvalue weighted by atomic mass is 16.5.